The van der Waals surface area contributed by atoms with E-state index in [9.17, 15) is 14.7 Å². The molecule has 0 spiro atoms. The molecule has 1 aliphatic heterocycles. The first-order valence-electron chi connectivity index (χ1n) is 7.83. The van der Waals surface area contributed by atoms with E-state index in [1.807, 2.05) is 31.2 Å². The van der Waals surface area contributed by atoms with Crippen LogP contribution in [0, 0.1) is 6.92 Å². The number of carboxylic acid groups (broad SMARTS) is 1. The van der Waals surface area contributed by atoms with Gasteiger partial charge in [-0.3, -0.25) is 4.79 Å². The van der Waals surface area contributed by atoms with Gasteiger partial charge in [-0.25, -0.2) is 4.79 Å². The van der Waals surface area contributed by atoms with Crippen molar-refractivity contribution in [3.63, 3.8) is 0 Å². The Bertz CT molecular complexity index is 552. The van der Waals surface area contributed by atoms with Crippen LogP contribution < -0.4 is 10.1 Å². The third kappa shape index (κ3) is 4.96. The second kappa shape index (κ2) is 7.97. The lowest BCUT2D eigenvalue weighted by Crippen LogP contribution is -2.55. The quantitative estimate of drug-likeness (QED) is 0.714. The highest BCUT2D eigenvalue weighted by Crippen LogP contribution is 2.19. The van der Waals surface area contributed by atoms with Crippen molar-refractivity contribution in [1.82, 2.24) is 5.32 Å². The van der Waals surface area contributed by atoms with Crippen molar-refractivity contribution in [1.29, 1.82) is 0 Å². The summed E-state index contributed by atoms with van der Waals surface area (Å²) < 4.78 is 10.7. The Labute approximate surface area is 135 Å². The van der Waals surface area contributed by atoms with Crippen molar-refractivity contribution in [2.24, 2.45) is 0 Å². The third-order valence-corrected chi connectivity index (χ3v) is 3.87. The largest absolute Gasteiger partial charge is 0.494 e. The number of carbonyl (C=O) groups is 2. The Hall–Kier alpha value is -2.08. The zero-order valence-corrected chi connectivity index (χ0v) is 13.3. The molecule has 0 aliphatic carbocycles. The Balaban J connectivity index is 1.66. The summed E-state index contributed by atoms with van der Waals surface area (Å²) in [4.78, 5) is 23.2. The molecule has 1 fully saturated rings. The molecule has 6 nitrogen and oxygen atoms in total. The Morgan fingerprint density at radius 1 is 1.39 bits per heavy atom. The zero-order valence-electron chi connectivity index (χ0n) is 13.3. The van der Waals surface area contributed by atoms with Crippen molar-refractivity contribution in [3.8, 4) is 5.75 Å². The van der Waals surface area contributed by atoms with Crippen LogP contribution in [0.1, 0.15) is 31.2 Å². The van der Waals surface area contributed by atoms with E-state index in [4.69, 9.17) is 9.47 Å². The number of aryl methyl sites for hydroxylation is 1. The number of benzene rings is 1. The number of amides is 1. The van der Waals surface area contributed by atoms with Crippen LogP contribution in [0.3, 0.4) is 0 Å². The van der Waals surface area contributed by atoms with E-state index in [1.165, 1.54) is 0 Å². The molecule has 1 saturated heterocycles. The summed E-state index contributed by atoms with van der Waals surface area (Å²) in [5, 5.41) is 11.9. The molecule has 0 aromatic heterocycles. The van der Waals surface area contributed by atoms with Crippen LogP contribution in [0.15, 0.2) is 24.3 Å². The minimum Gasteiger partial charge on any atom is -0.494 e. The van der Waals surface area contributed by atoms with Gasteiger partial charge in [0.25, 0.3) is 0 Å². The fourth-order valence-corrected chi connectivity index (χ4v) is 2.50. The van der Waals surface area contributed by atoms with Crippen molar-refractivity contribution in [2.45, 2.75) is 38.1 Å². The zero-order chi connectivity index (χ0) is 16.7. The molecule has 1 aliphatic rings. The maximum atomic E-state index is 11.9. The minimum atomic E-state index is -1.25. The van der Waals surface area contributed by atoms with E-state index < -0.39 is 11.5 Å². The lowest BCUT2D eigenvalue weighted by Gasteiger charge is -2.23. The van der Waals surface area contributed by atoms with Crippen LogP contribution in [0.5, 0.6) is 5.75 Å². The highest BCUT2D eigenvalue weighted by Gasteiger charge is 2.43. The van der Waals surface area contributed by atoms with Gasteiger partial charge in [0, 0.05) is 19.4 Å². The molecule has 126 valence electrons. The molecule has 1 unspecified atom stereocenters. The highest BCUT2D eigenvalue weighted by atomic mass is 16.5. The second-order valence-electron chi connectivity index (χ2n) is 5.86. The first-order chi connectivity index (χ1) is 11.0. The second-order valence-corrected chi connectivity index (χ2v) is 5.86. The van der Waals surface area contributed by atoms with Gasteiger partial charge in [-0.2, -0.15) is 0 Å². The van der Waals surface area contributed by atoms with E-state index >= 15 is 0 Å². The van der Waals surface area contributed by atoms with Gasteiger partial charge in [-0.1, -0.05) is 12.1 Å². The van der Waals surface area contributed by atoms with Gasteiger partial charge in [0.1, 0.15) is 5.75 Å². The Morgan fingerprint density at radius 2 is 2.22 bits per heavy atom. The molecule has 0 saturated carbocycles. The summed E-state index contributed by atoms with van der Waals surface area (Å²) in [6.07, 6.45) is 1.98. The first-order valence-corrected chi connectivity index (χ1v) is 7.83. The molecule has 23 heavy (non-hydrogen) atoms. The minimum absolute atomic E-state index is 0.0323. The highest BCUT2D eigenvalue weighted by molar-refractivity contribution is 5.87. The standard InChI is InChI=1S/C17H23NO5/c1-13-5-4-6-14(11-13)23-9-3-2-7-15(19)18-17(16(20)21)8-10-22-12-17/h4-6,11H,2-3,7-10,12H2,1H3,(H,18,19)(H,20,21). The summed E-state index contributed by atoms with van der Waals surface area (Å²) in [7, 11) is 0. The van der Waals surface area contributed by atoms with Crippen molar-refractivity contribution < 1.29 is 24.2 Å². The lowest BCUT2D eigenvalue weighted by atomic mass is 9.98. The van der Waals surface area contributed by atoms with Crippen LogP contribution >= 0.6 is 0 Å². The van der Waals surface area contributed by atoms with Gasteiger partial charge in [0.2, 0.25) is 5.91 Å². The van der Waals surface area contributed by atoms with Crippen LogP contribution in [0.2, 0.25) is 0 Å². The number of hydrogen-bond acceptors (Lipinski definition) is 4. The molecule has 0 radical (unpaired) electrons. The van der Waals surface area contributed by atoms with Gasteiger partial charge in [-0.15, -0.1) is 0 Å². The van der Waals surface area contributed by atoms with Crippen molar-refractivity contribution in [2.75, 3.05) is 19.8 Å². The molecule has 2 rings (SSSR count). The molecule has 1 amide bonds. The van der Waals surface area contributed by atoms with Crippen molar-refractivity contribution >= 4 is 11.9 Å². The predicted molar refractivity (Wildman–Crippen MR) is 84.5 cm³/mol. The molecule has 1 atom stereocenters. The topological polar surface area (TPSA) is 84.9 Å². The van der Waals surface area contributed by atoms with Crippen LogP contribution in [-0.4, -0.2) is 42.3 Å². The molecule has 2 N–H and O–H groups in total. The van der Waals surface area contributed by atoms with Gasteiger partial charge < -0.3 is 19.9 Å². The van der Waals surface area contributed by atoms with Gasteiger partial charge >= 0.3 is 5.97 Å². The fourth-order valence-electron chi connectivity index (χ4n) is 2.50. The number of aliphatic carboxylic acids is 1. The summed E-state index contributed by atoms with van der Waals surface area (Å²) in [6, 6.07) is 7.80. The number of hydrogen-bond donors (Lipinski definition) is 2. The summed E-state index contributed by atoms with van der Waals surface area (Å²) in [5.74, 6) is -0.470. The number of ether oxygens (including phenoxy) is 2. The van der Waals surface area contributed by atoms with Crippen LogP contribution in [0.25, 0.3) is 0 Å². The van der Waals surface area contributed by atoms with E-state index in [0.29, 0.717) is 26.1 Å². The third-order valence-electron chi connectivity index (χ3n) is 3.87. The predicted octanol–water partition coefficient (Wildman–Crippen LogP) is 1.90. The molecular weight excluding hydrogens is 298 g/mol. The van der Waals surface area contributed by atoms with Gasteiger partial charge in [0.05, 0.1) is 13.2 Å². The van der Waals surface area contributed by atoms with E-state index in [0.717, 1.165) is 17.7 Å². The van der Waals surface area contributed by atoms with Gasteiger partial charge in [0.15, 0.2) is 5.54 Å². The number of carbonyl (C=O) groups excluding carboxylic acids is 1. The van der Waals surface area contributed by atoms with Crippen LogP contribution in [0.4, 0.5) is 0 Å². The normalized spacial score (nSPS) is 20.2. The molecular formula is C17H23NO5. The Morgan fingerprint density at radius 3 is 2.87 bits per heavy atom. The summed E-state index contributed by atoms with van der Waals surface area (Å²) in [5.41, 5.74) is -0.116. The number of carboxylic acids is 1. The Kier molecular flexibility index (Phi) is 5.98. The van der Waals surface area contributed by atoms with Crippen molar-refractivity contribution in [3.05, 3.63) is 29.8 Å². The number of unbranched alkanes of at least 4 members (excludes halogenated alkanes) is 1. The molecule has 0 bridgehead atoms. The smallest absolute Gasteiger partial charge is 0.331 e. The number of rotatable bonds is 8. The van der Waals surface area contributed by atoms with Gasteiger partial charge in [-0.05, 0) is 37.5 Å². The van der Waals surface area contributed by atoms with E-state index in [1.54, 1.807) is 0 Å². The maximum Gasteiger partial charge on any atom is 0.331 e. The molecule has 6 heteroatoms. The average molecular weight is 321 g/mol. The molecule has 1 aromatic rings. The average Bonchev–Trinajstić information content (AvgIpc) is 2.97. The summed E-state index contributed by atoms with van der Waals surface area (Å²) in [6.45, 7) is 2.92. The molecule has 1 heterocycles. The lowest BCUT2D eigenvalue weighted by molar-refractivity contribution is -0.147. The fraction of sp³-hybridized carbons (Fsp3) is 0.529. The SMILES string of the molecule is Cc1cccc(OCCCCC(=O)NC2(C(=O)O)CCOC2)c1. The first kappa shape index (κ1) is 17.3. The van der Waals surface area contributed by atoms with E-state index in [2.05, 4.69) is 5.32 Å². The number of nitrogens with one attached hydrogen (secondary N) is 1. The van der Waals surface area contributed by atoms with Crippen LogP contribution in [-0.2, 0) is 14.3 Å². The van der Waals surface area contributed by atoms with E-state index in [-0.39, 0.29) is 18.9 Å². The molecule has 1 aromatic carbocycles. The summed E-state index contributed by atoms with van der Waals surface area (Å²) >= 11 is 0. The monoisotopic (exact) mass is 321 g/mol. The maximum absolute atomic E-state index is 11.9.